The smallest absolute Gasteiger partial charge is 0.0726 e. The largest absolute Gasteiger partial charge is 0.323 e. The molecule has 3 nitrogen and oxygen atoms in total. The lowest BCUT2D eigenvalue weighted by molar-refractivity contribution is 0.709. The fourth-order valence-corrected chi connectivity index (χ4v) is 3.14. The standard InChI is InChI=1S/C17H23N3/c1-11(2)12-8-9-16-14(10-12)17(20-18)13-6-4-3-5-7-15(13)19-16/h8-11H,3-7,18H2,1-2H3,(H,19,20). The first kappa shape index (κ1) is 13.4. The molecule has 1 aliphatic rings. The molecule has 3 rings (SSSR count). The zero-order valence-electron chi connectivity index (χ0n) is 12.4. The maximum atomic E-state index is 5.84. The molecule has 0 fully saturated rings. The van der Waals surface area contributed by atoms with Gasteiger partial charge in [0.2, 0.25) is 0 Å². The minimum atomic E-state index is 0.517. The molecule has 2 aromatic rings. The van der Waals surface area contributed by atoms with Gasteiger partial charge in [-0.2, -0.15) is 0 Å². The molecule has 0 bridgehead atoms. The molecule has 0 aliphatic heterocycles. The van der Waals surface area contributed by atoms with Crippen molar-refractivity contribution in [2.45, 2.75) is 51.9 Å². The van der Waals surface area contributed by atoms with E-state index in [1.807, 2.05) is 0 Å². The molecular formula is C17H23N3. The third-order valence-electron chi connectivity index (χ3n) is 4.35. The average Bonchev–Trinajstić information content (AvgIpc) is 2.69. The van der Waals surface area contributed by atoms with E-state index in [4.69, 9.17) is 10.8 Å². The Kier molecular flexibility index (Phi) is 3.62. The van der Waals surface area contributed by atoms with E-state index in [-0.39, 0.29) is 0 Å². The van der Waals surface area contributed by atoms with Crippen LogP contribution in [0.15, 0.2) is 18.2 Å². The van der Waals surface area contributed by atoms with Crippen LogP contribution in [-0.4, -0.2) is 4.98 Å². The molecule has 0 saturated carbocycles. The van der Waals surface area contributed by atoms with Crippen molar-refractivity contribution >= 4 is 16.6 Å². The highest BCUT2D eigenvalue weighted by Crippen LogP contribution is 2.33. The van der Waals surface area contributed by atoms with Gasteiger partial charge in [-0.15, -0.1) is 0 Å². The van der Waals surface area contributed by atoms with E-state index in [9.17, 15) is 0 Å². The molecule has 1 heterocycles. The summed E-state index contributed by atoms with van der Waals surface area (Å²) in [4.78, 5) is 4.89. The molecule has 3 N–H and O–H groups in total. The monoisotopic (exact) mass is 269 g/mol. The number of aryl methyl sites for hydroxylation is 1. The van der Waals surface area contributed by atoms with Crippen LogP contribution in [0.5, 0.6) is 0 Å². The number of hydrogen-bond acceptors (Lipinski definition) is 3. The lowest BCUT2D eigenvalue weighted by atomic mass is 9.97. The SMILES string of the molecule is CC(C)c1ccc2nc3c(c(NN)c2c1)CCCCC3. The summed E-state index contributed by atoms with van der Waals surface area (Å²) >= 11 is 0. The average molecular weight is 269 g/mol. The number of fused-ring (bicyclic) bond motifs is 2. The lowest BCUT2D eigenvalue weighted by Gasteiger charge is -2.16. The van der Waals surface area contributed by atoms with Crippen LogP contribution >= 0.6 is 0 Å². The highest BCUT2D eigenvalue weighted by Gasteiger charge is 2.17. The second-order valence-corrected chi connectivity index (χ2v) is 6.05. The quantitative estimate of drug-likeness (QED) is 0.493. The molecule has 0 spiro atoms. The predicted molar refractivity (Wildman–Crippen MR) is 84.9 cm³/mol. The number of nitrogens with zero attached hydrogens (tertiary/aromatic N) is 1. The highest BCUT2D eigenvalue weighted by molar-refractivity contribution is 5.94. The molecular weight excluding hydrogens is 246 g/mol. The number of nitrogen functional groups attached to an aromatic ring is 1. The summed E-state index contributed by atoms with van der Waals surface area (Å²) in [7, 11) is 0. The Morgan fingerprint density at radius 3 is 2.70 bits per heavy atom. The van der Waals surface area contributed by atoms with Crippen molar-refractivity contribution < 1.29 is 0 Å². The van der Waals surface area contributed by atoms with Gasteiger partial charge in [0.15, 0.2) is 0 Å². The van der Waals surface area contributed by atoms with Gasteiger partial charge < -0.3 is 5.43 Å². The van der Waals surface area contributed by atoms with Crippen LogP contribution in [0.3, 0.4) is 0 Å². The van der Waals surface area contributed by atoms with E-state index in [1.165, 1.54) is 41.5 Å². The summed E-state index contributed by atoms with van der Waals surface area (Å²) in [5.74, 6) is 6.36. The topological polar surface area (TPSA) is 50.9 Å². The second-order valence-electron chi connectivity index (χ2n) is 6.05. The molecule has 20 heavy (non-hydrogen) atoms. The second kappa shape index (κ2) is 5.41. The van der Waals surface area contributed by atoms with Gasteiger partial charge in [-0.25, -0.2) is 0 Å². The molecule has 3 heteroatoms. The number of benzene rings is 1. The van der Waals surface area contributed by atoms with Crippen molar-refractivity contribution in [1.29, 1.82) is 0 Å². The third kappa shape index (κ3) is 2.27. The van der Waals surface area contributed by atoms with E-state index in [0.717, 1.165) is 24.0 Å². The predicted octanol–water partition coefficient (Wildman–Crippen LogP) is 3.91. The van der Waals surface area contributed by atoms with Gasteiger partial charge in [-0.1, -0.05) is 26.3 Å². The summed E-state index contributed by atoms with van der Waals surface area (Å²) in [6.07, 6.45) is 5.92. The van der Waals surface area contributed by atoms with Crippen molar-refractivity contribution in [1.82, 2.24) is 4.98 Å². The number of anilines is 1. The first-order valence-electron chi connectivity index (χ1n) is 7.62. The highest BCUT2D eigenvalue weighted by atomic mass is 15.2. The first-order valence-corrected chi connectivity index (χ1v) is 7.62. The van der Waals surface area contributed by atoms with Crippen LogP contribution in [0.4, 0.5) is 5.69 Å². The Morgan fingerprint density at radius 2 is 1.95 bits per heavy atom. The van der Waals surface area contributed by atoms with E-state index in [2.05, 4.69) is 37.5 Å². The molecule has 1 aromatic carbocycles. The minimum absolute atomic E-state index is 0.517. The number of hydrazine groups is 1. The summed E-state index contributed by atoms with van der Waals surface area (Å²) < 4.78 is 0. The normalized spacial score (nSPS) is 15.2. The maximum absolute atomic E-state index is 5.84. The Bertz CT molecular complexity index is 632. The van der Waals surface area contributed by atoms with Gasteiger partial charge >= 0.3 is 0 Å². The Morgan fingerprint density at radius 1 is 1.15 bits per heavy atom. The minimum Gasteiger partial charge on any atom is -0.323 e. The van der Waals surface area contributed by atoms with Gasteiger partial charge in [0.1, 0.15) is 0 Å². The molecule has 0 amide bonds. The Labute approximate surface area is 120 Å². The van der Waals surface area contributed by atoms with Gasteiger partial charge in [-0.05, 0) is 54.9 Å². The zero-order valence-corrected chi connectivity index (χ0v) is 12.4. The van der Waals surface area contributed by atoms with Crippen LogP contribution < -0.4 is 11.3 Å². The van der Waals surface area contributed by atoms with Crippen LogP contribution in [0.1, 0.15) is 55.8 Å². The lowest BCUT2D eigenvalue weighted by Crippen LogP contribution is -2.12. The number of hydrogen-bond donors (Lipinski definition) is 2. The Balaban J connectivity index is 2.25. The van der Waals surface area contributed by atoms with Gasteiger partial charge in [0.05, 0.1) is 11.2 Å². The number of nitrogens with two attached hydrogens (primary N) is 1. The van der Waals surface area contributed by atoms with Crippen molar-refractivity contribution in [3.8, 4) is 0 Å². The number of aromatic nitrogens is 1. The first-order chi connectivity index (χ1) is 9.70. The molecule has 1 aromatic heterocycles. The van der Waals surface area contributed by atoms with Gasteiger partial charge in [0, 0.05) is 11.1 Å². The number of pyridine rings is 1. The Hall–Kier alpha value is -1.61. The van der Waals surface area contributed by atoms with E-state index in [1.54, 1.807) is 0 Å². The van der Waals surface area contributed by atoms with Gasteiger partial charge in [-0.3, -0.25) is 10.8 Å². The molecule has 0 radical (unpaired) electrons. The fraction of sp³-hybridized carbons (Fsp3) is 0.471. The van der Waals surface area contributed by atoms with Crippen LogP contribution in [0, 0.1) is 0 Å². The van der Waals surface area contributed by atoms with Gasteiger partial charge in [0.25, 0.3) is 0 Å². The van der Waals surface area contributed by atoms with E-state index >= 15 is 0 Å². The van der Waals surface area contributed by atoms with E-state index in [0.29, 0.717) is 5.92 Å². The summed E-state index contributed by atoms with van der Waals surface area (Å²) in [5.41, 5.74) is 9.01. The van der Waals surface area contributed by atoms with Crippen molar-refractivity contribution in [2.75, 3.05) is 5.43 Å². The maximum Gasteiger partial charge on any atom is 0.0726 e. The fourth-order valence-electron chi connectivity index (χ4n) is 3.14. The van der Waals surface area contributed by atoms with Crippen molar-refractivity contribution in [3.63, 3.8) is 0 Å². The van der Waals surface area contributed by atoms with Crippen LogP contribution in [0.2, 0.25) is 0 Å². The van der Waals surface area contributed by atoms with E-state index < -0.39 is 0 Å². The molecule has 0 atom stereocenters. The summed E-state index contributed by atoms with van der Waals surface area (Å²) in [6, 6.07) is 6.56. The molecule has 0 unspecified atom stereocenters. The van der Waals surface area contributed by atoms with Crippen LogP contribution in [0.25, 0.3) is 10.9 Å². The van der Waals surface area contributed by atoms with Crippen molar-refractivity contribution in [3.05, 3.63) is 35.0 Å². The molecule has 106 valence electrons. The number of nitrogens with one attached hydrogen (secondary N) is 1. The molecule has 1 aliphatic carbocycles. The molecule has 0 saturated heterocycles. The third-order valence-corrected chi connectivity index (χ3v) is 4.35. The number of rotatable bonds is 2. The van der Waals surface area contributed by atoms with Crippen LogP contribution in [-0.2, 0) is 12.8 Å². The summed E-state index contributed by atoms with van der Waals surface area (Å²) in [6.45, 7) is 4.43. The zero-order chi connectivity index (χ0) is 14.1. The summed E-state index contributed by atoms with van der Waals surface area (Å²) in [5, 5.41) is 1.17. The van der Waals surface area contributed by atoms with Crippen molar-refractivity contribution in [2.24, 2.45) is 5.84 Å².